The molecule has 1 aromatic heterocycles. The van der Waals surface area contributed by atoms with Crippen LogP contribution in [0.5, 0.6) is 0 Å². The first kappa shape index (κ1) is 18.9. The van der Waals surface area contributed by atoms with Crippen LogP contribution in [0, 0.1) is 0 Å². The Morgan fingerprint density at radius 1 is 1.14 bits per heavy atom. The summed E-state index contributed by atoms with van der Waals surface area (Å²) in [6, 6.07) is 13.4. The first-order chi connectivity index (χ1) is 14.0. The van der Waals surface area contributed by atoms with Crippen molar-refractivity contribution in [3.63, 3.8) is 0 Å². The highest BCUT2D eigenvalue weighted by atomic mass is 16.2. The summed E-state index contributed by atoms with van der Waals surface area (Å²) in [7, 11) is 1.81. The van der Waals surface area contributed by atoms with Gasteiger partial charge in [-0.05, 0) is 54.8 Å². The van der Waals surface area contributed by atoms with Crippen molar-refractivity contribution in [2.45, 2.75) is 26.3 Å². The minimum absolute atomic E-state index is 0.0305. The minimum atomic E-state index is -0.0886. The van der Waals surface area contributed by atoms with Gasteiger partial charge in [0.05, 0.1) is 11.7 Å². The number of carbonyl (C=O) groups is 2. The maximum atomic E-state index is 13.1. The zero-order valence-electron chi connectivity index (χ0n) is 16.7. The third-order valence-corrected chi connectivity index (χ3v) is 5.56. The van der Waals surface area contributed by atoms with E-state index in [9.17, 15) is 9.59 Å². The molecule has 0 bridgehead atoms. The lowest BCUT2D eigenvalue weighted by molar-refractivity contribution is -0.116. The van der Waals surface area contributed by atoms with E-state index < -0.39 is 0 Å². The lowest BCUT2D eigenvalue weighted by Crippen LogP contribution is -2.29. The largest absolute Gasteiger partial charge is 0.335 e. The van der Waals surface area contributed by atoms with Crippen molar-refractivity contribution in [1.82, 2.24) is 19.7 Å². The summed E-state index contributed by atoms with van der Waals surface area (Å²) in [4.78, 5) is 32.2. The predicted molar refractivity (Wildman–Crippen MR) is 110 cm³/mol. The summed E-state index contributed by atoms with van der Waals surface area (Å²) < 4.78 is 1.69. The molecule has 1 aliphatic heterocycles. The number of aromatic nitrogens is 3. The molecule has 0 saturated heterocycles. The number of carbonyl (C=O) groups excluding carboxylic acids is 2. The monoisotopic (exact) mass is 389 g/mol. The van der Waals surface area contributed by atoms with Gasteiger partial charge in [-0.3, -0.25) is 9.59 Å². The summed E-state index contributed by atoms with van der Waals surface area (Å²) in [5, 5.41) is 4.13. The van der Waals surface area contributed by atoms with E-state index in [4.69, 9.17) is 0 Å². The SMILES string of the molecule is CC(=O)N1CCc2cc(C(=O)N(C)C(C)c3ccc(-n4cncn4)cc3)ccc21. The van der Waals surface area contributed by atoms with Gasteiger partial charge in [0, 0.05) is 31.8 Å². The molecule has 148 valence electrons. The van der Waals surface area contributed by atoms with Gasteiger partial charge in [-0.1, -0.05) is 12.1 Å². The van der Waals surface area contributed by atoms with Crippen LogP contribution < -0.4 is 4.90 Å². The quantitative estimate of drug-likeness (QED) is 0.688. The molecule has 1 unspecified atom stereocenters. The molecule has 29 heavy (non-hydrogen) atoms. The topological polar surface area (TPSA) is 71.3 Å². The molecule has 0 saturated carbocycles. The van der Waals surface area contributed by atoms with Gasteiger partial charge in [0.25, 0.3) is 5.91 Å². The van der Waals surface area contributed by atoms with E-state index in [1.54, 1.807) is 33.8 Å². The Hall–Kier alpha value is -3.48. The Morgan fingerprint density at radius 3 is 2.55 bits per heavy atom. The zero-order chi connectivity index (χ0) is 20.5. The fraction of sp³-hybridized carbons (Fsp3) is 0.273. The first-order valence-electron chi connectivity index (χ1n) is 9.59. The zero-order valence-corrected chi connectivity index (χ0v) is 16.7. The molecule has 2 heterocycles. The molecule has 0 radical (unpaired) electrons. The fourth-order valence-electron chi connectivity index (χ4n) is 3.71. The van der Waals surface area contributed by atoms with E-state index in [0.717, 1.165) is 28.9 Å². The summed E-state index contributed by atoms with van der Waals surface area (Å²) in [6.07, 6.45) is 3.92. The lowest BCUT2D eigenvalue weighted by atomic mass is 10.0. The van der Waals surface area contributed by atoms with E-state index >= 15 is 0 Å². The van der Waals surface area contributed by atoms with Crippen LogP contribution in [-0.4, -0.2) is 45.1 Å². The van der Waals surface area contributed by atoms with Gasteiger partial charge < -0.3 is 9.80 Å². The summed E-state index contributed by atoms with van der Waals surface area (Å²) in [5.74, 6) is -0.00941. The number of fused-ring (bicyclic) bond motifs is 1. The predicted octanol–water partition coefficient (Wildman–Crippen LogP) is 3.01. The Bertz CT molecular complexity index is 1040. The molecule has 1 atom stereocenters. The molecule has 7 heteroatoms. The third kappa shape index (κ3) is 3.51. The second-order valence-corrected chi connectivity index (χ2v) is 7.29. The molecule has 3 aromatic rings. The van der Waals surface area contributed by atoms with Crippen molar-refractivity contribution >= 4 is 17.5 Å². The average molecular weight is 389 g/mol. The Balaban J connectivity index is 1.51. The lowest BCUT2D eigenvalue weighted by Gasteiger charge is -2.26. The van der Waals surface area contributed by atoms with Crippen LogP contribution in [0.2, 0.25) is 0 Å². The van der Waals surface area contributed by atoms with Crippen LogP contribution in [0.25, 0.3) is 5.69 Å². The van der Waals surface area contributed by atoms with Crippen LogP contribution in [-0.2, 0) is 11.2 Å². The first-order valence-corrected chi connectivity index (χ1v) is 9.59. The molecule has 2 aromatic carbocycles. The molecule has 2 amide bonds. The highest BCUT2D eigenvalue weighted by Gasteiger charge is 2.25. The number of nitrogens with zero attached hydrogens (tertiary/aromatic N) is 5. The van der Waals surface area contributed by atoms with Crippen LogP contribution >= 0.6 is 0 Å². The van der Waals surface area contributed by atoms with Gasteiger partial charge in [0.1, 0.15) is 12.7 Å². The molecule has 0 fully saturated rings. The van der Waals surface area contributed by atoms with E-state index in [0.29, 0.717) is 12.1 Å². The molecule has 7 nitrogen and oxygen atoms in total. The molecule has 0 spiro atoms. The molecular formula is C22H23N5O2. The Kier molecular flexibility index (Phi) is 4.88. The van der Waals surface area contributed by atoms with Crippen molar-refractivity contribution in [3.05, 3.63) is 71.8 Å². The van der Waals surface area contributed by atoms with Crippen molar-refractivity contribution < 1.29 is 9.59 Å². The number of hydrogen-bond acceptors (Lipinski definition) is 4. The van der Waals surface area contributed by atoms with E-state index in [1.165, 1.54) is 6.33 Å². The normalized spacial score (nSPS) is 13.8. The molecule has 0 N–H and O–H groups in total. The second kappa shape index (κ2) is 7.50. The van der Waals surface area contributed by atoms with Crippen LogP contribution in [0.15, 0.2) is 55.1 Å². The van der Waals surface area contributed by atoms with Gasteiger partial charge in [0.2, 0.25) is 5.91 Å². The Morgan fingerprint density at radius 2 is 1.90 bits per heavy atom. The van der Waals surface area contributed by atoms with Crippen LogP contribution in [0.4, 0.5) is 5.69 Å². The van der Waals surface area contributed by atoms with Gasteiger partial charge in [-0.15, -0.1) is 0 Å². The van der Waals surface area contributed by atoms with E-state index in [-0.39, 0.29) is 17.9 Å². The summed E-state index contributed by atoms with van der Waals surface area (Å²) >= 11 is 0. The standard InChI is InChI=1S/C22H23N5O2/c1-15(17-4-7-20(8-5-17)27-14-23-13-24-27)25(3)22(29)19-6-9-21-18(12-19)10-11-26(21)16(2)28/h4-9,12-15H,10-11H2,1-3H3. The summed E-state index contributed by atoms with van der Waals surface area (Å²) in [5.41, 5.74) is 4.55. The molecule has 1 aliphatic rings. The number of hydrogen-bond donors (Lipinski definition) is 0. The number of anilines is 1. The van der Waals surface area contributed by atoms with E-state index in [1.807, 2.05) is 50.4 Å². The number of benzene rings is 2. The van der Waals surface area contributed by atoms with Gasteiger partial charge >= 0.3 is 0 Å². The van der Waals surface area contributed by atoms with Gasteiger partial charge in [0.15, 0.2) is 0 Å². The average Bonchev–Trinajstić information content (AvgIpc) is 3.41. The fourth-order valence-corrected chi connectivity index (χ4v) is 3.71. The molecule has 4 rings (SSSR count). The van der Waals surface area contributed by atoms with Gasteiger partial charge in [-0.25, -0.2) is 9.67 Å². The smallest absolute Gasteiger partial charge is 0.254 e. The van der Waals surface area contributed by atoms with Gasteiger partial charge in [-0.2, -0.15) is 5.10 Å². The molecular weight excluding hydrogens is 366 g/mol. The highest BCUT2D eigenvalue weighted by molar-refractivity contribution is 5.98. The van der Waals surface area contributed by atoms with Crippen LogP contribution in [0.1, 0.15) is 41.4 Å². The van der Waals surface area contributed by atoms with Crippen molar-refractivity contribution in [1.29, 1.82) is 0 Å². The number of rotatable bonds is 4. The summed E-state index contributed by atoms with van der Waals surface area (Å²) in [6.45, 7) is 4.25. The van der Waals surface area contributed by atoms with Crippen molar-refractivity contribution in [2.75, 3.05) is 18.5 Å². The van der Waals surface area contributed by atoms with Crippen molar-refractivity contribution in [3.8, 4) is 5.69 Å². The maximum absolute atomic E-state index is 13.1. The molecule has 0 aliphatic carbocycles. The number of amides is 2. The van der Waals surface area contributed by atoms with E-state index in [2.05, 4.69) is 10.1 Å². The Labute approximate surface area is 169 Å². The van der Waals surface area contributed by atoms with Crippen LogP contribution in [0.3, 0.4) is 0 Å². The maximum Gasteiger partial charge on any atom is 0.254 e. The minimum Gasteiger partial charge on any atom is -0.335 e. The highest BCUT2D eigenvalue weighted by Crippen LogP contribution is 2.30. The third-order valence-electron chi connectivity index (χ3n) is 5.56. The van der Waals surface area contributed by atoms with Crippen molar-refractivity contribution in [2.24, 2.45) is 0 Å². The second-order valence-electron chi connectivity index (χ2n) is 7.29.